The number of hydrogen-bond donors (Lipinski definition) is 1. The Morgan fingerprint density at radius 3 is 2.93 bits per heavy atom. The zero-order valence-electron chi connectivity index (χ0n) is 9.09. The van der Waals surface area contributed by atoms with Gasteiger partial charge in [0.2, 0.25) is 0 Å². The lowest BCUT2D eigenvalue weighted by molar-refractivity contribution is 0.0676. The number of halogens is 1. The minimum Gasteiger partial charge on any atom is -0.484 e. The quantitative estimate of drug-likeness (QED) is 0.771. The van der Waals surface area contributed by atoms with Crippen molar-refractivity contribution in [1.29, 1.82) is 0 Å². The molecule has 2 N–H and O–H groups in total. The first-order valence-corrected chi connectivity index (χ1v) is 5.21. The molecule has 82 valence electrons. The SMILES string of the molecule is CC1(C)CC(CN)c2cccc(F)c2O1. The van der Waals surface area contributed by atoms with Crippen molar-refractivity contribution in [3.05, 3.63) is 29.6 Å². The van der Waals surface area contributed by atoms with E-state index in [1.54, 1.807) is 6.07 Å². The van der Waals surface area contributed by atoms with E-state index in [-0.39, 0.29) is 17.3 Å². The van der Waals surface area contributed by atoms with Crippen molar-refractivity contribution >= 4 is 0 Å². The van der Waals surface area contributed by atoms with Gasteiger partial charge in [-0.1, -0.05) is 12.1 Å². The molecule has 0 fully saturated rings. The van der Waals surface area contributed by atoms with E-state index >= 15 is 0 Å². The Morgan fingerprint density at radius 1 is 1.53 bits per heavy atom. The summed E-state index contributed by atoms with van der Waals surface area (Å²) in [6.07, 6.45) is 0.833. The van der Waals surface area contributed by atoms with Gasteiger partial charge in [-0.05, 0) is 32.9 Å². The maximum absolute atomic E-state index is 13.6. The van der Waals surface area contributed by atoms with E-state index in [1.165, 1.54) is 6.07 Å². The van der Waals surface area contributed by atoms with Crippen molar-refractivity contribution in [1.82, 2.24) is 0 Å². The Balaban J connectivity index is 2.49. The Bertz CT molecular complexity index is 376. The highest BCUT2D eigenvalue weighted by molar-refractivity contribution is 5.40. The van der Waals surface area contributed by atoms with Gasteiger partial charge in [0, 0.05) is 11.5 Å². The molecule has 1 aliphatic rings. The molecule has 15 heavy (non-hydrogen) atoms. The van der Waals surface area contributed by atoms with E-state index in [2.05, 4.69) is 0 Å². The van der Waals surface area contributed by atoms with E-state index in [9.17, 15) is 4.39 Å². The van der Waals surface area contributed by atoms with Gasteiger partial charge in [0.05, 0.1) is 0 Å². The minimum absolute atomic E-state index is 0.194. The first-order valence-electron chi connectivity index (χ1n) is 5.21. The summed E-state index contributed by atoms with van der Waals surface area (Å²) in [6, 6.07) is 5.03. The molecule has 0 radical (unpaired) electrons. The maximum Gasteiger partial charge on any atom is 0.165 e. The predicted molar refractivity (Wildman–Crippen MR) is 57.5 cm³/mol. The molecule has 1 aliphatic heterocycles. The molecule has 2 nitrogen and oxygen atoms in total. The summed E-state index contributed by atoms with van der Waals surface area (Å²) < 4.78 is 19.2. The average Bonchev–Trinajstić information content (AvgIpc) is 2.17. The van der Waals surface area contributed by atoms with Crippen molar-refractivity contribution in [2.24, 2.45) is 5.73 Å². The molecule has 0 spiro atoms. The second-order valence-corrected chi connectivity index (χ2v) is 4.66. The van der Waals surface area contributed by atoms with Gasteiger partial charge in [0.1, 0.15) is 5.60 Å². The fourth-order valence-electron chi connectivity index (χ4n) is 2.19. The van der Waals surface area contributed by atoms with E-state index in [0.29, 0.717) is 12.3 Å². The second kappa shape index (κ2) is 3.49. The first kappa shape index (κ1) is 10.4. The number of hydrogen-bond acceptors (Lipinski definition) is 2. The van der Waals surface area contributed by atoms with Crippen molar-refractivity contribution in [3.63, 3.8) is 0 Å². The summed E-state index contributed by atoms with van der Waals surface area (Å²) in [6.45, 7) is 4.46. The standard InChI is InChI=1S/C12H16FNO/c1-12(2)6-8(7-14)9-4-3-5-10(13)11(9)15-12/h3-5,8H,6-7,14H2,1-2H3. The van der Waals surface area contributed by atoms with Crippen LogP contribution in [-0.2, 0) is 0 Å². The van der Waals surface area contributed by atoms with Gasteiger partial charge >= 0.3 is 0 Å². The van der Waals surface area contributed by atoms with Crippen LogP contribution in [0.15, 0.2) is 18.2 Å². The maximum atomic E-state index is 13.6. The molecule has 0 aromatic heterocycles. The molecular weight excluding hydrogens is 193 g/mol. The largest absolute Gasteiger partial charge is 0.484 e. The van der Waals surface area contributed by atoms with Crippen molar-refractivity contribution < 1.29 is 9.13 Å². The lowest BCUT2D eigenvalue weighted by Gasteiger charge is -2.37. The van der Waals surface area contributed by atoms with E-state index < -0.39 is 0 Å². The van der Waals surface area contributed by atoms with Gasteiger partial charge in [-0.3, -0.25) is 0 Å². The minimum atomic E-state index is -0.334. The number of ether oxygens (including phenoxy) is 1. The number of rotatable bonds is 1. The van der Waals surface area contributed by atoms with Gasteiger partial charge in [0.15, 0.2) is 11.6 Å². The first-order chi connectivity index (χ1) is 7.03. The summed E-state index contributed by atoms with van der Waals surface area (Å²) in [4.78, 5) is 0. The van der Waals surface area contributed by atoms with Crippen molar-refractivity contribution in [2.75, 3.05) is 6.54 Å². The van der Waals surface area contributed by atoms with Gasteiger partial charge in [-0.15, -0.1) is 0 Å². The number of fused-ring (bicyclic) bond motifs is 1. The summed E-state index contributed by atoms with van der Waals surface area (Å²) in [5, 5.41) is 0. The summed E-state index contributed by atoms with van der Waals surface area (Å²) in [5.41, 5.74) is 6.28. The fraction of sp³-hybridized carbons (Fsp3) is 0.500. The van der Waals surface area contributed by atoms with Crippen molar-refractivity contribution in [2.45, 2.75) is 31.8 Å². The molecule has 0 saturated carbocycles. The molecule has 0 saturated heterocycles. The van der Waals surface area contributed by atoms with Crippen LogP contribution in [0.25, 0.3) is 0 Å². The topological polar surface area (TPSA) is 35.2 Å². The highest BCUT2D eigenvalue weighted by Crippen LogP contribution is 2.41. The lowest BCUT2D eigenvalue weighted by Crippen LogP contribution is -2.37. The predicted octanol–water partition coefficient (Wildman–Crippen LogP) is 2.43. The van der Waals surface area contributed by atoms with Crippen LogP contribution in [0.5, 0.6) is 5.75 Å². The molecule has 1 atom stereocenters. The molecule has 0 bridgehead atoms. The average molecular weight is 209 g/mol. The molecule has 0 amide bonds. The third-order valence-electron chi connectivity index (χ3n) is 2.84. The highest BCUT2D eigenvalue weighted by Gasteiger charge is 2.34. The molecule has 3 heteroatoms. The van der Waals surface area contributed by atoms with Gasteiger partial charge in [0.25, 0.3) is 0 Å². The second-order valence-electron chi connectivity index (χ2n) is 4.66. The van der Waals surface area contributed by atoms with Crippen LogP contribution in [0.3, 0.4) is 0 Å². The smallest absolute Gasteiger partial charge is 0.165 e. The van der Waals surface area contributed by atoms with Gasteiger partial charge in [-0.2, -0.15) is 0 Å². The normalized spacial score (nSPS) is 23.1. The molecule has 2 rings (SSSR count). The Kier molecular flexibility index (Phi) is 2.43. The van der Waals surface area contributed by atoms with Crippen LogP contribution >= 0.6 is 0 Å². The van der Waals surface area contributed by atoms with Crippen LogP contribution in [0.4, 0.5) is 4.39 Å². The monoisotopic (exact) mass is 209 g/mol. The molecular formula is C12H16FNO. The van der Waals surface area contributed by atoms with Crippen LogP contribution < -0.4 is 10.5 Å². The van der Waals surface area contributed by atoms with Crippen LogP contribution in [0, 0.1) is 5.82 Å². The highest BCUT2D eigenvalue weighted by atomic mass is 19.1. The zero-order valence-corrected chi connectivity index (χ0v) is 9.09. The van der Waals surface area contributed by atoms with E-state index in [1.807, 2.05) is 19.9 Å². The van der Waals surface area contributed by atoms with Crippen LogP contribution in [0.2, 0.25) is 0 Å². The third kappa shape index (κ3) is 1.84. The summed E-state index contributed by atoms with van der Waals surface area (Å²) in [5.74, 6) is 0.280. The van der Waals surface area contributed by atoms with Gasteiger partial charge < -0.3 is 10.5 Å². The van der Waals surface area contributed by atoms with E-state index in [4.69, 9.17) is 10.5 Å². The third-order valence-corrected chi connectivity index (χ3v) is 2.84. The summed E-state index contributed by atoms with van der Waals surface area (Å²) in [7, 11) is 0. The number of para-hydroxylation sites is 1. The van der Waals surface area contributed by atoms with Crippen LogP contribution in [0.1, 0.15) is 31.7 Å². The Labute approximate surface area is 89.2 Å². The van der Waals surface area contributed by atoms with Crippen molar-refractivity contribution in [3.8, 4) is 5.75 Å². The Morgan fingerprint density at radius 2 is 2.27 bits per heavy atom. The zero-order chi connectivity index (χ0) is 11.1. The van der Waals surface area contributed by atoms with Crippen LogP contribution in [-0.4, -0.2) is 12.1 Å². The number of nitrogens with two attached hydrogens (primary N) is 1. The summed E-state index contributed by atoms with van der Waals surface area (Å²) >= 11 is 0. The molecule has 1 heterocycles. The molecule has 0 aliphatic carbocycles. The lowest BCUT2D eigenvalue weighted by atomic mass is 9.84. The molecule has 1 aromatic carbocycles. The van der Waals surface area contributed by atoms with Gasteiger partial charge in [-0.25, -0.2) is 4.39 Å². The molecule has 1 unspecified atom stereocenters. The molecule has 1 aromatic rings. The Hall–Kier alpha value is -1.09. The number of benzene rings is 1. The van der Waals surface area contributed by atoms with E-state index in [0.717, 1.165) is 12.0 Å². The fourth-order valence-corrected chi connectivity index (χ4v) is 2.19.